The summed E-state index contributed by atoms with van der Waals surface area (Å²) in [5, 5.41) is 9.33. The van der Waals surface area contributed by atoms with Gasteiger partial charge in [0.2, 0.25) is 0 Å². The lowest BCUT2D eigenvalue weighted by Crippen LogP contribution is -2.39. The minimum absolute atomic E-state index is 0.170. The van der Waals surface area contributed by atoms with Crippen molar-refractivity contribution in [2.24, 2.45) is 5.92 Å². The van der Waals surface area contributed by atoms with Crippen LogP contribution in [0.5, 0.6) is 17.2 Å². The smallest absolute Gasteiger partial charge is 0.306 e. The van der Waals surface area contributed by atoms with Crippen molar-refractivity contribution in [2.75, 3.05) is 34.4 Å². The highest BCUT2D eigenvalue weighted by molar-refractivity contribution is 5.70. The molecule has 156 valence electrons. The molecule has 2 aromatic carbocycles. The second-order valence-electron chi connectivity index (χ2n) is 7.02. The molecule has 1 N–H and O–H groups in total. The van der Waals surface area contributed by atoms with E-state index in [4.69, 9.17) is 14.2 Å². The van der Waals surface area contributed by atoms with Gasteiger partial charge in [0, 0.05) is 0 Å². The van der Waals surface area contributed by atoms with E-state index in [1.165, 1.54) is 13.2 Å². The lowest BCUT2D eigenvalue weighted by molar-refractivity contribution is -0.143. The van der Waals surface area contributed by atoms with Crippen molar-refractivity contribution in [2.45, 2.75) is 18.9 Å². The van der Waals surface area contributed by atoms with Crippen LogP contribution in [0.25, 0.3) is 0 Å². The number of carboxylic acids is 1. The number of ether oxygens (including phenoxy) is 3. The number of benzene rings is 2. The largest absolute Gasteiger partial charge is 0.496 e. The predicted molar refractivity (Wildman–Crippen MR) is 106 cm³/mol. The number of rotatable bonds is 7. The average molecular weight is 403 g/mol. The minimum Gasteiger partial charge on any atom is -0.496 e. The number of likely N-dealkylation sites (tertiary alicyclic amines) is 1. The Morgan fingerprint density at radius 2 is 1.62 bits per heavy atom. The Labute approximate surface area is 169 Å². The fraction of sp³-hybridized carbons (Fsp3) is 0.409. The number of halogens is 1. The number of methoxy groups -OCH3 is 3. The third kappa shape index (κ3) is 4.29. The van der Waals surface area contributed by atoms with Gasteiger partial charge in [-0.2, -0.15) is 0 Å². The number of hydrogen-bond donors (Lipinski definition) is 1. The van der Waals surface area contributed by atoms with Crippen molar-refractivity contribution in [3.05, 3.63) is 53.3 Å². The highest BCUT2D eigenvalue weighted by Crippen LogP contribution is 2.42. The van der Waals surface area contributed by atoms with Gasteiger partial charge in [0.15, 0.2) is 11.6 Å². The molecule has 1 heterocycles. The molecule has 1 fully saturated rings. The summed E-state index contributed by atoms with van der Waals surface area (Å²) >= 11 is 0. The zero-order valence-electron chi connectivity index (χ0n) is 16.9. The van der Waals surface area contributed by atoms with E-state index in [1.807, 2.05) is 24.3 Å². The first-order valence-electron chi connectivity index (χ1n) is 9.51. The molecule has 0 spiro atoms. The third-order valence-electron chi connectivity index (χ3n) is 5.47. The molecule has 1 unspecified atom stereocenters. The highest BCUT2D eigenvalue weighted by Gasteiger charge is 2.33. The molecule has 2 aromatic rings. The van der Waals surface area contributed by atoms with Crippen LogP contribution in [0, 0.1) is 11.7 Å². The molecule has 3 rings (SSSR count). The fourth-order valence-electron chi connectivity index (χ4n) is 3.97. The fourth-order valence-corrected chi connectivity index (χ4v) is 3.97. The molecule has 1 aliphatic heterocycles. The molecule has 1 atom stereocenters. The van der Waals surface area contributed by atoms with Crippen LogP contribution >= 0.6 is 0 Å². The van der Waals surface area contributed by atoms with Gasteiger partial charge in [0.05, 0.1) is 38.9 Å². The van der Waals surface area contributed by atoms with Gasteiger partial charge in [0.1, 0.15) is 11.5 Å². The van der Waals surface area contributed by atoms with Gasteiger partial charge < -0.3 is 19.3 Å². The summed E-state index contributed by atoms with van der Waals surface area (Å²) in [6, 6.07) is 10.0. The maximum atomic E-state index is 14.5. The quantitative estimate of drug-likeness (QED) is 0.760. The average Bonchev–Trinajstić information content (AvgIpc) is 2.74. The first kappa shape index (κ1) is 20.9. The summed E-state index contributed by atoms with van der Waals surface area (Å²) in [4.78, 5) is 13.5. The number of aliphatic carboxylic acids is 1. The van der Waals surface area contributed by atoms with Gasteiger partial charge >= 0.3 is 5.97 Å². The van der Waals surface area contributed by atoms with E-state index in [9.17, 15) is 14.3 Å². The second-order valence-corrected chi connectivity index (χ2v) is 7.02. The SMILES string of the molecule is COc1ccc(C(c2c(OC)cccc2OC)N2CCC(C(=O)O)CC2)cc1F. The molecule has 6 nitrogen and oxygen atoms in total. The Morgan fingerprint density at radius 1 is 1.03 bits per heavy atom. The Morgan fingerprint density at radius 3 is 2.10 bits per heavy atom. The second kappa shape index (κ2) is 9.13. The van der Waals surface area contributed by atoms with Crippen molar-refractivity contribution in [3.63, 3.8) is 0 Å². The lowest BCUT2D eigenvalue weighted by Gasteiger charge is -2.38. The summed E-state index contributed by atoms with van der Waals surface area (Å²) in [5.41, 5.74) is 1.51. The predicted octanol–water partition coefficient (Wildman–Crippen LogP) is 3.74. The van der Waals surface area contributed by atoms with Crippen LogP contribution in [0.15, 0.2) is 36.4 Å². The Balaban J connectivity index is 2.08. The highest BCUT2D eigenvalue weighted by atomic mass is 19.1. The van der Waals surface area contributed by atoms with Crippen LogP contribution in [-0.2, 0) is 4.79 Å². The van der Waals surface area contributed by atoms with Crippen molar-refractivity contribution in [1.82, 2.24) is 4.90 Å². The van der Waals surface area contributed by atoms with E-state index < -0.39 is 11.8 Å². The topological polar surface area (TPSA) is 68.2 Å². The lowest BCUT2D eigenvalue weighted by atomic mass is 9.90. The van der Waals surface area contributed by atoms with E-state index in [2.05, 4.69) is 4.90 Å². The van der Waals surface area contributed by atoms with Crippen LogP contribution in [0.2, 0.25) is 0 Å². The molecular weight excluding hydrogens is 377 g/mol. The third-order valence-corrected chi connectivity index (χ3v) is 5.47. The monoisotopic (exact) mass is 403 g/mol. The maximum Gasteiger partial charge on any atom is 0.306 e. The summed E-state index contributed by atoms with van der Waals surface area (Å²) < 4.78 is 30.8. The van der Waals surface area contributed by atoms with Gasteiger partial charge in [-0.05, 0) is 55.8 Å². The van der Waals surface area contributed by atoms with Crippen molar-refractivity contribution in [1.29, 1.82) is 0 Å². The zero-order valence-corrected chi connectivity index (χ0v) is 16.9. The molecule has 1 aliphatic rings. The van der Waals surface area contributed by atoms with Crippen LogP contribution in [-0.4, -0.2) is 50.4 Å². The zero-order chi connectivity index (χ0) is 21.0. The van der Waals surface area contributed by atoms with Crippen LogP contribution in [0.1, 0.15) is 30.0 Å². The van der Waals surface area contributed by atoms with E-state index in [-0.39, 0.29) is 17.7 Å². The molecule has 0 aromatic heterocycles. The molecule has 7 heteroatoms. The standard InChI is InChI=1S/C22H26FNO5/c1-27-17-8-7-15(13-16(17)23)21(24-11-9-14(10-12-24)22(25)26)20-18(28-2)5-4-6-19(20)29-3/h4-8,13-14,21H,9-12H2,1-3H3,(H,25,26). The summed E-state index contributed by atoms with van der Waals surface area (Å²) in [5.74, 6) is -0.157. The maximum absolute atomic E-state index is 14.5. The van der Waals surface area contributed by atoms with E-state index in [0.29, 0.717) is 37.4 Å². The van der Waals surface area contributed by atoms with E-state index in [0.717, 1.165) is 11.1 Å². The van der Waals surface area contributed by atoms with Gasteiger partial charge in [-0.25, -0.2) is 4.39 Å². The van der Waals surface area contributed by atoms with E-state index >= 15 is 0 Å². The Kier molecular flexibility index (Phi) is 6.59. The molecule has 0 bridgehead atoms. The van der Waals surface area contributed by atoms with Crippen LogP contribution in [0.3, 0.4) is 0 Å². The summed E-state index contributed by atoms with van der Waals surface area (Å²) in [7, 11) is 4.59. The summed E-state index contributed by atoms with van der Waals surface area (Å²) in [6.07, 6.45) is 1.06. The normalized spacial score (nSPS) is 16.3. The molecule has 0 saturated carbocycles. The number of piperidine rings is 1. The summed E-state index contributed by atoms with van der Waals surface area (Å²) in [6.45, 7) is 1.13. The van der Waals surface area contributed by atoms with Gasteiger partial charge in [-0.3, -0.25) is 9.69 Å². The van der Waals surface area contributed by atoms with Crippen LogP contribution in [0.4, 0.5) is 4.39 Å². The number of hydrogen-bond acceptors (Lipinski definition) is 5. The number of nitrogens with zero attached hydrogens (tertiary/aromatic N) is 1. The molecule has 0 aliphatic carbocycles. The molecule has 0 radical (unpaired) electrons. The molecule has 29 heavy (non-hydrogen) atoms. The number of carboxylic acid groups (broad SMARTS) is 1. The first-order valence-corrected chi connectivity index (χ1v) is 9.51. The molecule has 1 saturated heterocycles. The van der Waals surface area contributed by atoms with Crippen molar-refractivity contribution in [3.8, 4) is 17.2 Å². The number of carbonyl (C=O) groups is 1. The Hall–Kier alpha value is -2.80. The van der Waals surface area contributed by atoms with Crippen LogP contribution < -0.4 is 14.2 Å². The molecule has 0 amide bonds. The van der Waals surface area contributed by atoms with Gasteiger partial charge in [-0.1, -0.05) is 12.1 Å². The minimum atomic E-state index is -0.772. The van der Waals surface area contributed by atoms with Gasteiger partial charge in [-0.15, -0.1) is 0 Å². The Bertz CT molecular complexity index is 842. The van der Waals surface area contributed by atoms with Crippen molar-refractivity contribution < 1.29 is 28.5 Å². The van der Waals surface area contributed by atoms with E-state index in [1.54, 1.807) is 20.3 Å². The molecular formula is C22H26FNO5. The first-order chi connectivity index (χ1) is 14.0. The van der Waals surface area contributed by atoms with Crippen molar-refractivity contribution >= 4 is 5.97 Å². The van der Waals surface area contributed by atoms with Gasteiger partial charge in [0.25, 0.3) is 0 Å².